The number of nitrogens with one attached hydrogen (secondary N) is 1. The highest BCUT2D eigenvalue weighted by molar-refractivity contribution is 9.10. The van der Waals surface area contributed by atoms with E-state index in [0.717, 1.165) is 22.6 Å². The molecule has 3 aromatic rings. The van der Waals surface area contributed by atoms with Crippen LogP contribution < -0.4 is 10.1 Å². The highest BCUT2D eigenvalue weighted by Gasteiger charge is 2.12. The van der Waals surface area contributed by atoms with Gasteiger partial charge in [0.1, 0.15) is 30.3 Å². The summed E-state index contributed by atoms with van der Waals surface area (Å²) in [6.07, 6.45) is 2.29. The second-order valence-electron chi connectivity index (χ2n) is 5.55. The standard InChI is InChI=1S/C18H19BrN4O3/c1-2-23-12-21-22-17(23)9-10-20-18(24)16-8-7-15(26-16)11-25-14-5-3-13(19)4-6-14/h3-8,12H,2,9-11H2,1H3,(H,20,24). The average Bonchev–Trinajstić information content (AvgIpc) is 3.30. The summed E-state index contributed by atoms with van der Waals surface area (Å²) in [6, 6.07) is 10.9. The molecule has 136 valence electrons. The van der Waals surface area contributed by atoms with Crippen LogP contribution in [-0.4, -0.2) is 27.2 Å². The molecule has 2 heterocycles. The Bertz CT molecular complexity index is 857. The SMILES string of the molecule is CCn1cnnc1CCNC(=O)c1ccc(COc2ccc(Br)cc2)o1. The maximum absolute atomic E-state index is 12.2. The zero-order valence-corrected chi connectivity index (χ0v) is 15.9. The molecule has 0 radical (unpaired) electrons. The Balaban J connectivity index is 1.47. The molecule has 1 amide bonds. The third-order valence-electron chi connectivity index (χ3n) is 3.75. The summed E-state index contributed by atoms with van der Waals surface area (Å²) in [6.45, 7) is 3.54. The fraction of sp³-hybridized carbons (Fsp3) is 0.278. The van der Waals surface area contributed by atoms with Crippen molar-refractivity contribution in [2.24, 2.45) is 0 Å². The number of hydrogen-bond acceptors (Lipinski definition) is 5. The van der Waals surface area contributed by atoms with Crippen LogP contribution in [0.15, 0.2) is 51.6 Å². The molecule has 2 aromatic heterocycles. The quantitative estimate of drug-likeness (QED) is 0.607. The molecule has 0 unspecified atom stereocenters. The number of rotatable bonds is 8. The number of nitrogens with zero attached hydrogens (tertiary/aromatic N) is 3. The van der Waals surface area contributed by atoms with Crippen LogP contribution >= 0.6 is 15.9 Å². The van der Waals surface area contributed by atoms with Crippen LogP contribution in [0.3, 0.4) is 0 Å². The molecule has 1 aromatic carbocycles. The highest BCUT2D eigenvalue weighted by Crippen LogP contribution is 2.18. The van der Waals surface area contributed by atoms with E-state index < -0.39 is 0 Å². The predicted molar refractivity (Wildman–Crippen MR) is 98.9 cm³/mol. The summed E-state index contributed by atoms with van der Waals surface area (Å²) in [5.74, 6) is 2.16. The Labute approximate surface area is 159 Å². The molecule has 0 bridgehead atoms. The summed E-state index contributed by atoms with van der Waals surface area (Å²) in [7, 11) is 0. The number of ether oxygens (including phenoxy) is 1. The molecule has 1 N–H and O–H groups in total. The lowest BCUT2D eigenvalue weighted by molar-refractivity contribution is 0.0922. The van der Waals surface area contributed by atoms with Gasteiger partial charge in [-0.1, -0.05) is 15.9 Å². The topological polar surface area (TPSA) is 82.2 Å². The van der Waals surface area contributed by atoms with Crippen molar-refractivity contribution in [3.63, 3.8) is 0 Å². The second kappa shape index (κ2) is 8.66. The molecule has 8 heteroatoms. The van der Waals surface area contributed by atoms with Crippen LogP contribution in [0.4, 0.5) is 0 Å². The molecule has 0 spiro atoms. The summed E-state index contributed by atoms with van der Waals surface area (Å²) in [5.41, 5.74) is 0. The van der Waals surface area contributed by atoms with E-state index in [9.17, 15) is 4.79 Å². The Morgan fingerprint density at radius 2 is 2.08 bits per heavy atom. The van der Waals surface area contributed by atoms with Crippen LogP contribution in [0.25, 0.3) is 0 Å². The number of benzene rings is 1. The van der Waals surface area contributed by atoms with Gasteiger partial charge in [0.05, 0.1) is 0 Å². The van der Waals surface area contributed by atoms with Gasteiger partial charge in [-0.2, -0.15) is 0 Å². The Morgan fingerprint density at radius 3 is 2.85 bits per heavy atom. The third kappa shape index (κ3) is 4.72. The molecular formula is C18H19BrN4O3. The van der Waals surface area contributed by atoms with Crippen LogP contribution in [0, 0.1) is 0 Å². The minimum absolute atomic E-state index is 0.258. The van der Waals surface area contributed by atoms with E-state index >= 15 is 0 Å². The van der Waals surface area contributed by atoms with E-state index in [4.69, 9.17) is 9.15 Å². The summed E-state index contributed by atoms with van der Waals surface area (Å²) in [4.78, 5) is 12.2. The fourth-order valence-electron chi connectivity index (χ4n) is 2.37. The first kappa shape index (κ1) is 18.2. The molecule has 0 fully saturated rings. The van der Waals surface area contributed by atoms with Crippen molar-refractivity contribution < 1.29 is 13.9 Å². The van der Waals surface area contributed by atoms with E-state index in [1.165, 1.54) is 0 Å². The lowest BCUT2D eigenvalue weighted by Gasteiger charge is -2.05. The molecule has 0 aliphatic rings. The van der Waals surface area contributed by atoms with Crippen molar-refractivity contribution in [3.8, 4) is 5.75 Å². The van der Waals surface area contributed by atoms with Crippen molar-refractivity contribution in [2.45, 2.75) is 26.5 Å². The number of carbonyl (C=O) groups is 1. The van der Waals surface area contributed by atoms with Crippen LogP contribution in [0.2, 0.25) is 0 Å². The van der Waals surface area contributed by atoms with Gasteiger partial charge in [0.25, 0.3) is 5.91 Å². The number of furan rings is 1. The number of halogens is 1. The van der Waals surface area contributed by atoms with Gasteiger partial charge in [-0.05, 0) is 43.3 Å². The Hall–Kier alpha value is -2.61. The van der Waals surface area contributed by atoms with E-state index in [1.807, 2.05) is 35.8 Å². The Kier molecular flexibility index (Phi) is 6.06. The third-order valence-corrected chi connectivity index (χ3v) is 4.28. The second-order valence-corrected chi connectivity index (χ2v) is 6.46. The van der Waals surface area contributed by atoms with Gasteiger partial charge in [0.15, 0.2) is 5.76 Å². The minimum Gasteiger partial charge on any atom is -0.486 e. The van der Waals surface area contributed by atoms with Gasteiger partial charge in [-0.3, -0.25) is 4.79 Å². The zero-order valence-electron chi connectivity index (χ0n) is 14.3. The van der Waals surface area contributed by atoms with Gasteiger partial charge in [0, 0.05) is 24.0 Å². The first-order chi connectivity index (χ1) is 12.7. The molecule has 3 rings (SSSR count). The van der Waals surface area contributed by atoms with E-state index in [-0.39, 0.29) is 18.3 Å². The normalized spacial score (nSPS) is 10.7. The number of aromatic nitrogens is 3. The highest BCUT2D eigenvalue weighted by atomic mass is 79.9. The van der Waals surface area contributed by atoms with Crippen LogP contribution in [-0.2, 0) is 19.6 Å². The molecule has 7 nitrogen and oxygen atoms in total. The summed E-state index contributed by atoms with van der Waals surface area (Å²) < 4.78 is 14.1. The van der Waals surface area contributed by atoms with Crippen molar-refractivity contribution in [1.82, 2.24) is 20.1 Å². The van der Waals surface area contributed by atoms with E-state index in [0.29, 0.717) is 18.7 Å². The predicted octanol–water partition coefficient (Wildman–Crippen LogP) is 3.21. The zero-order chi connectivity index (χ0) is 18.4. The first-order valence-corrected chi connectivity index (χ1v) is 9.07. The van der Waals surface area contributed by atoms with Crippen molar-refractivity contribution in [2.75, 3.05) is 6.54 Å². The van der Waals surface area contributed by atoms with E-state index in [1.54, 1.807) is 18.5 Å². The number of carbonyl (C=O) groups excluding carboxylic acids is 1. The maximum Gasteiger partial charge on any atom is 0.287 e. The molecule has 0 saturated carbocycles. The molecule has 0 aliphatic carbocycles. The number of aryl methyl sites for hydroxylation is 1. The fourth-order valence-corrected chi connectivity index (χ4v) is 2.64. The molecule has 0 atom stereocenters. The van der Waals surface area contributed by atoms with Crippen molar-refractivity contribution in [3.05, 3.63) is 64.5 Å². The van der Waals surface area contributed by atoms with Gasteiger partial charge in [-0.25, -0.2) is 0 Å². The average molecular weight is 419 g/mol. The van der Waals surface area contributed by atoms with Gasteiger partial charge in [0.2, 0.25) is 0 Å². The number of hydrogen-bond donors (Lipinski definition) is 1. The van der Waals surface area contributed by atoms with Gasteiger partial charge in [-0.15, -0.1) is 10.2 Å². The van der Waals surface area contributed by atoms with Crippen LogP contribution in [0.5, 0.6) is 5.75 Å². The van der Waals surface area contributed by atoms with Gasteiger partial charge < -0.3 is 19.0 Å². The maximum atomic E-state index is 12.2. The van der Waals surface area contributed by atoms with Crippen molar-refractivity contribution >= 4 is 21.8 Å². The first-order valence-electron chi connectivity index (χ1n) is 8.27. The molecule has 26 heavy (non-hydrogen) atoms. The molecule has 0 saturated heterocycles. The van der Waals surface area contributed by atoms with Crippen LogP contribution in [0.1, 0.15) is 29.1 Å². The van der Waals surface area contributed by atoms with Crippen molar-refractivity contribution in [1.29, 1.82) is 0 Å². The number of amides is 1. The smallest absolute Gasteiger partial charge is 0.287 e. The largest absolute Gasteiger partial charge is 0.486 e. The Morgan fingerprint density at radius 1 is 1.27 bits per heavy atom. The monoisotopic (exact) mass is 418 g/mol. The lowest BCUT2D eigenvalue weighted by Crippen LogP contribution is -2.26. The summed E-state index contributed by atoms with van der Waals surface area (Å²) in [5, 5.41) is 10.7. The molecule has 0 aliphatic heterocycles. The van der Waals surface area contributed by atoms with Gasteiger partial charge >= 0.3 is 0 Å². The minimum atomic E-state index is -0.262. The lowest BCUT2D eigenvalue weighted by atomic mass is 10.3. The molecular weight excluding hydrogens is 400 g/mol. The summed E-state index contributed by atoms with van der Waals surface area (Å²) >= 11 is 3.37. The van der Waals surface area contributed by atoms with E-state index in [2.05, 4.69) is 31.4 Å².